The number of hydrogen-bond donors (Lipinski definition) is 3. The van der Waals surface area contributed by atoms with E-state index in [0.717, 1.165) is 0 Å². The lowest BCUT2D eigenvalue weighted by atomic mass is 9.95. The van der Waals surface area contributed by atoms with E-state index >= 15 is 4.39 Å². The highest BCUT2D eigenvalue weighted by molar-refractivity contribution is 5.70. The third-order valence-electron chi connectivity index (χ3n) is 3.67. The number of aliphatic hydroxyl groups excluding tert-OH is 2. The fourth-order valence-corrected chi connectivity index (χ4v) is 2.52. The van der Waals surface area contributed by atoms with Gasteiger partial charge in [-0.1, -0.05) is 5.92 Å². The summed E-state index contributed by atoms with van der Waals surface area (Å²) in [6.07, 6.45) is 2.52. The monoisotopic (exact) mass is 307 g/mol. The average Bonchev–Trinajstić information content (AvgIpc) is 2.99. The number of aliphatic hydroxyl groups is 2. The van der Waals surface area contributed by atoms with Crippen LogP contribution in [0.5, 0.6) is 0 Å². The average molecular weight is 307 g/mol. The number of alkyl halides is 1. The molecule has 0 spiro atoms. The van der Waals surface area contributed by atoms with Crippen molar-refractivity contribution in [2.45, 2.75) is 37.1 Å². The summed E-state index contributed by atoms with van der Waals surface area (Å²) in [5.41, 5.74) is 3.56. The summed E-state index contributed by atoms with van der Waals surface area (Å²) < 4.78 is 21.7. The minimum Gasteiger partial charge on any atom is -0.391 e. The molecule has 0 amide bonds. The fourth-order valence-electron chi connectivity index (χ4n) is 2.52. The van der Waals surface area contributed by atoms with Gasteiger partial charge in [0, 0.05) is 0 Å². The van der Waals surface area contributed by atoms with Crippen molar-refractivity contribution in [1.29, 1.82) is 0 Å². The van der Waals surface area contributed by atoms with Gasteiger partial charge in [0.25, 0.3) is 0 Å². The van der Waals surface area contributed by atoms with Crippen LogP contribution < -0.4 is 5.73 Å². The first kappa shape index (κ1) is 14.6. The zero-order valence-corrected chi connectivity index (χ0v) is 11.6. The summed E-state index contributed by atoms with van der Waals surface area (Å²) in [5, 5.41) is 19.7. The molecule has 1 fully saturated rings. The summed E-state index contributed by atoms with van der Waals surface area (Å²) in [5.74, 6) is 1.89. The number of rotatable bonds is 2. The second-order valence-electron chi connectivity index (χ2n) is 5.14. The van der Waals surface area contributed by atoms with E-state index in [1.165, 1.54) is 24.0 Å². The summed E-state index contributed by atoms with van der Waals surface area (Å²) in [6, 6.07) is 0. The Bertz CT molecular complexity index is 758. The molecule has 8 nitrogen and oxygen atoms in total. The lowest BCUT2D eigenvalue weighted by molar-refractivity contribution is -0.0776. The minimum atomic E-state index is -2.55. The first-order valence-corrected chi connectivity index (χ1v) is 6.52. The molecule has 2 aromatic rings. The molecule has 0 radical (unpaired) electrons. The predicted molar refractivity (Wildman–Crippen MR) is 74.0 cm³/mol. The van der Waals surface area contributed by atoms with Crippen LogP contribution >= 0.6 is 0 Å². The second-order valence-corrected chi connectivity index (χ2v) is 5.14. The van der Waals surface area contributed by atoms with Crippen LogP contribution in [-0.4, -0.2) is 53.7 Å². The Morgan fingerprint density at radius 2 is 2.32 bits per heavy atom. The molecule has 4 N–H and O–H groups in total. The Hall–Kier alpha value is -2.28. The highest BCUT2D eigenvalue weighted by atomic mass is 19.1. The van der Waals surface area contributed by atoms with Crippen molar-refractivity contribution in [3.63, 3.8) is 0 Å². The van der Waals surface area contributed by atoms with E-state index in [0.29, 0.717) is 5.52 Å². The molecule has 0 aliphatic carbocycles. The van der Waals surface area contributed by atoms with Gasteiger partial charge in [0.05, 0.1) is 18.6 Å². The van der Waals surface area contributed by atoms with E-state index in [2.05, 4.69) is 15.0 Å². The zero-order valence-electron chi connectivity index (χ0n) is 11.6. The third-order valence-corrected chi connectivity index (χ3v) is 3.67. The maximum Gasteiger partial charge on any atom is 0.243 e. The Kier molecular flexibility index (Phi) is 3.25. The zero-order chi connectivity index (χ0) is 16.1. The van der Waals surface area contributed by atoms with E-state index in [1.54, 1.807) is 0 Å². The SMILES string of the molecule is C#CC1(F)C(O)[C@@H]([C@@H](C)O)O[C@H]1n1cnc2cnc(N)nc21. The molecular formula is C13H14FN5O3. The van der Waals surface area contributed by atoms with Crippen molar-refractivity contribution in [3.05, 3.63) is 12.5 Å². The fraction of sp³-hybridized carbons (Fsp3) is 0.462. The Balaban J connectivity index is 2.13. The number of imidazole rings is 1. The number of halogens is 1. The van der Waals surface area contributed by atoms with Gasteiger partial charge in [-0.05, 0) is 6.92 Å². The van der Waals surface area contributed by atoms with Crippen molar-refractivity contribution in [2.75, 3.05) is 5.73 Å². The number of anilines is 1. The lowest BCUT2D eigenvalue weighted by Gasteiger charge is -2.23. The molecule has 2 unspecified atom stereocenters. The predicted octanol–water partition coefficient (Wildman–Crippen LogP) is -0.611. The van der Waals surface area contributed by atoms with Crippen LogP contribution in [0.15, 0.2) is 12.5 Å². The lowest BCUT2D eigenvalue weighted by Crippen LogP contribution is -2.43. The number of nitrogens with two attached hydrogens (primary N) is 1. The smallest absolute Gasteiger partial charge is 0.243 e. The molecule has 9 heteroatoms. The molecule has 5 atom stereocenters. The van der Waals surface area contributed by atoms with E-state index in [1.807, 2.05) is 5.92 Å². The third kappa shape index (κ3) is 1.93. The minimum absolute atomic E-state index is 0.0231. The van der Waals surface area contributed by atoms with Crippen molar-refractivity contribution in [1.82, 2.24) is 19.5 Å². The van der Waals surface area contributed by atoms with Gasteiger partial charge in [0.15, 0.2) is 11.9 Å². The highest BCUT2D eigenvalue weighted by Gasteiger charge is 2.59. The number of nitrogens with zero attached hydrogens (tertiary/aromatic N) is 4. The van der Waals surface area contributed by atoms with E-state index in [-0.39, 0.29) is 11.6 Å². The van der Waals surface area contributed by atoms with Crippen LogP contribution in [0.4, 0.5) is 10.3 Å². The van der Waals surface area contributed by atoms with Crippen LogP contribution in [0.1, 0.15) is 13.2 Å². The van der Waals surface area contributed by atoms with Crippen molar-refractivity contribution in [2.24, 2.45) is 0 Å². The van der Waals surface area contributed by atoms with Crippen molar-refractivity contribution >= 4 is 17.1 Å². The van der Waals surface area contributed by atoms with E-state index < -0.39 is 30.2 Å². The molecular weight excluding hydrogens is 293 g/mol. The standard InChI is InChI=1S/C13H14FN5O3/c1-3-13(14)9(21)8(6(2)20)22-11(13)19-5-17-7-4-16-12(15)18-10(7)19/h1,4-6,8-9,11,20-21H,2H3,(H2,15,16,18)/t6-,8-,9?,11-,13?/m1/s1. The topological polar surface area (TPSA) is 119 Å². The number of hydrogen-bond acceptors (Lipinski definition) is 7. The van der Waals surface area contributed by atoms with Gasteiger partial charge in [-0.3, -0.25) is 4.57 Å². The number of fused-ring (bicyclic) bond motifs is 1. The number of ether oxygens (including phenoxy) is 1. The van der Waals surface area contributed by atoms with Gasteiger partial charge in [-0.15, -0.1) is 6.42 Å². The Labute approximate surface area is 124 Å². The van der Waals surface area contributed by atoms with Crippen LogP contribution in [0.2, 0.25) is 0 Å². The van der Waals surface area contributed by atoms with Gasteiger partial charge in [0.2, 0.25) is 11.6 Å². The number of terminal acetylenes is 1. The van der Waals surface area contributed by atoms with Crippen LogP contribution in [-0.2, 0) is 4.74 Å². The summed E-state index contributed by atoms with van der Waals surface area (Å²) >= 11 is 0. The highest BCUT2D eigenvalue weighted by Crippen LogP contribution is 2.43. The molecule has 3 rings (SSSR count). The number of nitrogen functional groups attached to an aromatic ring is 1. The molecule has 1 aliphatic heterocycles. The van der Waals surface area contributed by atoms with Crippen molar-refractivity contribution < 1.29 is 19.3 Å². The van der Waals surface area contributed by atoms with Gasteiger partial charge < -0.3 is 20.7 Å². The van der Waals surface area contributed by atoms with Crippen LogP contribution in [0.25, 0.3) is 11.2 Å². The van der Waals surface area contributed by atoms with Gasteiger partial charge in [0.1, 0.15) is 17.7 Å². The maximum absolute atomic E-state index is 15.1. The molecule has 3 heterocycles. The van der Waals surface area contributed by atoms with Crippen LogP contribution in [0, 0.1) is 12.3 Å². The van der Waals surface area contributed by atoms with Crippen molar-refractivity contribution in [3.8, 4) is 12.3 Å². The molecule has 22 heavy (non-hydrogen) atoms. The molecule has 1 aliphatic rings. The first-order chi connectivity index (χ1) is 10.4. The Morgan fingerprint density at radius 1 is 1.59 bits per heavy atom. The largest absolute Gasteiger partial charge is 0.391 e. The molecule has 1 saturated heterocycles. The molecule has 0 saturated carbocycles. The van der Waals surface area contributed by atoms with E-state index in [9.17, 15) is 10.2 Å². The molecule has 0 aromatic carbocycles. The second kappa shape index (κ2) is 4.88. The molecule has 0 bridgehead atoms. The van der Waals surface area contributed by atoms with Crippen LogP contribution in [0.3, 0.4) is 0 Å². The quantitative estimate of drug-likeness (QED) is 0.633. The molecule has 116 valence electrons. The Morgan fingerprint density at radius 3 is 2.95 bits per heavy atom. The summed E-state index contributed by atoms with van der Waals surface area (Å²) in [4.78, 5) is 11.8. The van der Waals surface area contributed by atoms with Gasteiger partial charge in [-0.25, -0.2) is 14.4 Å². The summed E-state index contributed by atoms with van der Waals surface area (Å²) in [7, 11) is 0. The van der Waals surface area contributed by atoms with Gasteiger partial charge >= 0.3 is 0 Å². The molecule has 2 aromatic heterocycles. The maximum atomic E-state index is 15.1. The normalized spacial score (nSPS) is 33.0. The summed E-state index contributed by atoms with van der Waals surface area (Å²) in [6.45, 7) is 1.37. The first-order valence-electron chi connectivity index (χ1n) is 6.52. The van der Waals surface area contributed by atoms with Gasteiger partial charge in [-0.2, -0.15) is 4.98 Å². The van der Waals surface area contributed by atoms with E-state index in [4.69, 9.17) is 16.9 Å². The number of aromatic nitrogens is 4.